The largest absolute Gasteiger partial charge is 0.459 e. The molecule has 0 aromatic carbocycles. The predicted octanol–water partition coefficient (Wildman–Crippen LogP) is 3.08. The SMILES string of the molecule is CC(C)C(=O)OCc1cc(C(C)(C)C)ccn1. The van der Waals surface area contributed by atoms with E-state index >= 15 is 0 Å². The Hall–Kier alpha value is -1.38. The van der Waals surface area contributed by atoms with Crippen LogP contribution in [0.2, 0.25) is 0 Å². The molecule has 1 rings (SSSR count). The first-order chi connectivity index (χ1) is 7.80. The van der Waals surface area contributed by atoms with Crippen molar-refractivity contribution in [3.8, 4) is 0 Å². The monoisotopic (exact) mass is 235 g/mol. The van der Waals surface area contributed by atoms with Gasteiger partial charge in [-0.1, -0.05) is 34.6 Å². The van der Waals surface area contributed by atoms with Crippen LogP contribution in [-0.2, 0) is 21.6 Å². The first-order valence-electron chi connectivity index (χ1n) is 5.93. The van der Waals surface area contributed by atoms with Crippen LogP contribution in [0.4, 0.5) is 0 Å². The minimum absolute atomic E-state index is 0.0831. The number of hydrogen-bond donors (Lipinski definition) is 0. The van der Waals surface area contributed by atoms with Crippen LogP contribution in [-0.4, -0.2) is 11.0 Å². The molecule has 3 heteroatoms. The minimum atomic E-state index is -0.187. The molecule has 3 nitrogen and oxygen atoms in total. The molecule has 1 aromatic heterocycles. The molecule has 0 atom stereocenters. The van der Waals surface area contributed by atoms with Gasteiger partial charge < -0.3 is 4.74 Å². The second-order valence-electron chi connectivity index (χ2n) is 5.55. The first-order valence-corrected chi connectivity index (χ1v) is 5.93. The van der Waals surface area contributed by atoms with Gasteiger partial charge in [-0.05, 0) is 23.1 Å². The third-order valence-corrected chi connectivity index (χ3v) is 2.52. The van der Waals surface area contributed by atoms with Gasteiger partial charge in [0.25, 0.3) is 0 Å². The van der Waals surface area contributed by atoms with Gasteiger partial charge in [0.15, 0.2) is 0 Å². The maximum absolute atomic E-state index is 11.3. The highest BCUT2D eigenvalue weighted by Crippen LogP contribution is 2.22. The standard InChI is InChI=1S/C14H21NO2/c1-10(2)13(16)17-9-12-8-11(6-7-15-12)14(3,4)5/h6-8,10H,9H2,1-5H3. The molecule has 94 valence electrons. The van der Waals surface area contributed by atoms with E-state index in [-0.39, 0.29) is 23.9 Å². The molecule has 1 aromatic rings. The van der Waals surface area contributed by atoms with Crippen molar-refractivity contribution >= 4 is 5.97 Å². The maximum Gasteiger partial charge on any atom is 0.308 e. The van der Waals surface area contributed by atoms with Crippen molar-refractivity contribution in [2.24, 2.45) is 5.92 Å². The summed E-state index contributed by atoms with van der Waals surface area (Å²) in [7, 11) is 0. The Bertz CT molecular complexity index is 391. The Balaban J connectivity index is 2.70. The molecular formula is C14H21NO2. The minimum Gasteiger partial charge on any atom is -0.459 e. The van der Waals surface area contributed by atoms with Gasteiger partial charge in [0.2, 0.25) is 0 Å². The Morgan fingerprint density at radius 2 is 2.06 bits per heavy atom. The molecule has 0 bridgehead atoms. The summed E-state index contributed by atoms with van der Waals surface area (Å²) < 4.78 is 5.16. The number of nitrogens with zero attached hydrogens (tertiary/aromatic N) is 1. The van der Waals surface area contributed by atoms with E-state index in [1.165, 1.54) is 5.56 Å². The van der Waals surface area contributed by atoms with Crippen molar-refractivity contribution in [1.29, 1.82) is 0 Å². The summed E-state index contributed by atoms with van der Waals surface area (Å²) in [6.07, 6.45) is 1.76. The summed E-state index contributed by atoms with van der Waals surface area (Å²) in [4.78, 5) is 15.6. The number of hydrogen-bond acceptors (Lipinski definition) is 3. The fraction of sp³-hybridized carbons (Fsp3) is 0.571. The zero-order valence-electron chi connectivity index (χ0n) is 11.3. The molecule has 0 N–H and O–H groups in total. The molecule has 0 radical (unpaired) electrons. The molecule has 0 fully saturated rings. The smallest absolute Gasteiger partial charge is 0.308 e. The van der Waals surface area contributed by atoms with Crippen molar-refractivity contribution in [2.45, 2.75) is 46.6 Å². The van der Waals surface area contributed by atoms with Gasteiger partial charge in [-0.15, -0.1) is 0 Å². The van der Waals surface area contributed by atoms with Crippen LogP contribution in [0.5, 0.6) is 0 Å². The molecule has 0 aliphatic heterocycles. The van der Waals surface area contributed by atoms with E-state index in [0.29, 0.717) is 0 Å². The van der Waals surface area contributed by atoms with E-state index in [0.717, 1.165) is 5.69 Å². The molecular weight excluding hydrogens is 214 g/mol. The number of ether oxygens (including phenoxy) is 1. The number of carbonyl (C=O) groups is 1. The topological polar surface area (TPSA) is 39.2 Å². The van der Waals surface area contributed by atoms with E-state index in [4.69, 9.17) is 4.74 Å². The summed E-state index contributed by atoms with van der Waals surface area (Å²) in [6.45, 7) is 10.3. The van der Waals surface area contributed by atoms with Gasteiger partial charge in [0, 0.05) is 6.20 Å². The van der Waals surface area contributed by atoms with Crippen LogP contribution in [0.15, 0.2) is 18.3 Å². The summed E-state index contributed by atoms with van der Waals surface area (Å²) in [5, 5.41) is 0. The zero-order valence-corrected chi connectivity index (χ0v) is 11.3. The molecule has 0 saturated carbocycles. The highest BCUT2D eigenvalue weighted by molar-refractivity contribution is 5.71. The third-order valence-electron chi connectivity index (χ3n) is 2.52. The molecule has 0 saturated heterocycles. The van der Waals surface area contributed by atoms with Crippen LogP contribution in [0, 0.1) is 5.92 Å². The maximum atomic E-state index is 11.3. The lowest BCUT2D eigenvalue weighted by Crippen LogP contribution is -2.14. The molecule has 0 spiro atoms. The lowest BCUT2D eigenvalue weighted by Gasteiger charge is -2.19. The lowest BCUT2D eigenvalue weighted by molar-refractivity contribution is -0.148. The summed E-state index contributed by atoms with van der Waals surface area (Å²) in [5.41, 5.74) is 2.08. The Labute approximate surface area is 103 Å². The number of rotatable bonds is 3. The van der Waals surface area contributed by atoms with Gasteiger partial charge in [-0.3, -0.25) is 9.78 Å². The lowest BCUT2D eigenvalue weighted by atomic mass is 9.87. The summed E-state index contributed by atoms with van der Waals surface area (Å²) in [6, 6.07) is 3.99. The summed E-state index contributed by atoms with van der Waals surface area (Å²) >= 11 is 0. The molecule has 0 amide bonds. The Morgan fingerprint density at radius 1 is 1.41 bits per heavy atom. The van der Waals surface area contributed by atoms with E-state index < -0.39 is 0 Å². The van der Waals surface area contributed by atoms with Crippen LogP contribution in [0.3, 0.4) is 0 Å². The van der Waals surface area contributed by atoms with Crippen molar-refractivity contribution < 1.29 is 9.53 Å². The van der Waals surface area contributed by atoms with Crippen molar-refractivity contribution in [2.75, 3.05) is 0 Å². The normalized spacial score (nSPS) is 11.6. The highest BCUT2D eigenvalue weighted by Gasteiger charge is 2.15. The third kappa shape index (κ3) is 4.17. The Kier molecular flexibility index (Phi) is 4.27. The van der Waals surface area contributed by atoms with Crippen LogP contribution >= 0.6 is 0 Å². The number of aromatic nitrogens is 1. The van der Waals surface area contributed by atoms with Crippen LogP contribution < -0.4 is 0 Å². The van der Waals surface area contributed by atoms with Crippen LogP contribution in [0.1, 0.15) is 45.9 Å². The quantitative estimate of drug-likeness (QED) is 0.756. The first kappa shape index (κ1) is 13.7. The fourth-order valence-electron chi connectivity index (χ4n) is 1.34. The van der Waals surface area contributed by atoms with Gasteiger partial charge in [0.1, 0.15) is 6.61 Å². The van der Waals surface area contributed by atoms with Crippen molar-refractivity contribution in [1.82, 2.24) is 4.98 Å². The average Bonchev–Trinajstić information content (AvgIpc) is 2.25. The van der Waals surface area contributed by atoms with Gasteiger partial charge in [-0.25, -0.2) is 0 Å². The van der Waals surface area contributed by atoms with E-state index in [1.807, 2.05) is 26.0 Å². The van der Waals surface area contributed by atoms with Gasteiger partial charge in [-0.2, -0.15) is 0 Å². The molecule has 17 heavy (non-hydrogen) atoms. The van der Waals surface area contributed by atoms with E-state index in [1.54, 1.807) is 6.20 Å². The predicted molar refractivity (Wildman–Crippen MR) is 67.6 cm³/mol. The number of pyridine rings is 1. The Morgan fingerprint density at radius 3 is 2.59 bits per heavy atom. The second kappa shape index (κ2) is 5.30. The fourth-order valence-corrected chi connectivity index (χ4v) is 1.34. The highest BCUT2D eigenvalue weighted by atomic mass is 16.5. The molecule has 0 aliphatic rings. The zero-order chi connectivity index (χ0) is 13.1. The van der Waals surface area contributed by atoms with E-state index in [9.17, 15) is 4.79 Å². The summed E-state index contributed by atoms with van der Waals surface area (Å²) in [5.74, 6) is -0.284. The molecule has 1 heterocycles. The van der Waals surface area contributed by atoms with E-state index in [2.05, 4.69) is 25.8 Å². The number of carbonyl (C=O) groups excluding carboxylic acids is 1. The van der Waals surface area contributed by atoms with Crippen molar-refractivity contribution in [3.05, 3.63) is 29.6 Å². The van der Waals surface area contributed by atoms with Gasteiger partial charge >= 0.3 is 5.97 Å². The second-order valence-corrected chi connectivity index (χ2v) is 5.55. The molecule has 0 aliphatic carbocycles. The van der Waals surface area contributed by atoms with Gasteiger partial charge in [0.05, 0.1) is 11.6 Å². The van der Waals surface area contributed by atoms with Crippen molar-refractivity contribution in [3.63, 3.8) is 0 Å². The number of esters is 1. The molecule has 0 unspecified atom stereocenters. The average molecular weight is 235 g/mol. The van der Waals surface area contributed by atoms with Crippen LogP contribution in [0.25, 0.3) is 0 Å².